The first-order valence-corrected chi connectivity index (χ1v) is 9.09. The minimum Gasteiger partial charge on any atom is -0.355 e. The van der Waals surface area contributed by atoms with Gasteiger partial charge in [-0.25, -0.2) is 0 Å². The number of halogens is 1. The number of hydrogen-bond donors (Lipinski definition) is 1. The summed E-state index contributed by atoms with van der Waals surface area (Å²) in [6.45, 7) is 2.19. The number of anilines is 2. The molecule has 2 aromatic carbocycles. The minimum atomic E-state index is 0.740. The van der Waals surface area contributed by atoms with Gasteiger partial charge < -0.3 is 5.32 Å². The van der Waals surface area contributed by atoms with E-state index < -0.39 is 0 Å². The van der Waals surface area contributed by atoms with Gasteiger partial charge in [-0.05, 0) is 73.6 Å². The highest BCUT2D eigenvalue weighted by Gasteiger charge is 2.18. The van der Waals surface area contributed by atoms with Gasteiger partial charge in [0.2, 0.25) is 0 Å². The van der Waals surface area contributed by atoms with E-state index in [0.717, 1.165) is 40.9 Å². The molecular formula is C21H21ClN2. The molecule has 0 saturated carbocycles. The predicted molar refractivity (Wildman–Crippen MR) is 102 cm³/mol. The minimum absolute atomic E-state index is 0.740. The molecule has 0 bridgehead atoms. The zero-order valence-corrected chi connectivity index (χ0v) is 14.7. The van der Waals surface area contributed by atoms with Crippen LogP contribution in [0.4, 0.5) is 11.4 Å². The van der Waals surface area contributed by atoms with Gasteiger partial charge in [-0.1, -0.05) is 30.7 Å². The van der Waals surface area contributed by atoms with E-state index in [-0.39, 0.29) is 0 Å². The Morgan fingerprint density at radius 3 is 2.83 bits per heavy atom. The lowest BCUT2D eigenvalue weighted by molar-refractivity contribution is 0.672. The molecule has 0 fully saturated rings. The van der Waals surface area contributed by atoms with Crippen molar-refractivity contribution in [1.82, 2.24) is 4.98 Å². The highest BCUT2D eigenvalue weighted by molar-refractivity contribution is 6.31. The summed E-state index contributed by atoms with van der Waals surface area (Å²) in [6.07, 6.45) is 5.65. The van der Waals surface area contributed by atoms with Crippen LogP contribution in [0.5, 0.6) is 0 Å². The van der Waals surface area contributed by atoms with Gasteiger partial charge in [0.05, 0.1) is 11.2 Å². The second-order valence-corrected chi connectivity index (χ2v) is 6.90. The van der Waals surface area contributed by atoms with Crippen molar-refractivity contribution in [2.45, 2.75) is 39.0 Å². The monoisotopic (exact) mass is 336 g/mol. The number of nitrogens with zero attached hydrogens (tertiary/aromatic N) is 1. The van der Waals surface area contributed by atoms with E-state index >= 15 is 0 Å². The van der Waals surface area contributed by atoms with E-state index in [1.165, 1.54) is 35.3 Å². The fraction of sp³-hybridized carbons (Fsp3) is 0.286. The molecule has 1 aliphatic carbocycles. The van der Waals surface area contributed by atoms with Crippen molar-refractivity contribution in [3.05, 3.63) is 64.3 Å². The summed E-state index contributed by atoms with van der Waals surface area (Å²) < 4.78 is 0. The van der Waals surface area contributed by atoms with E-state index in [1.54, 1.807) is 0 Å². The van der Waals surface area contributed by atoms with Crippen molar-refractivity contribution in [1.29, 1.82) is 0 Å². The molecule has 1 aromatic heterocycles. The highest BCUT2D eigenvalue weighted by Crippen LogP contribution is 2.36. The number of aryl methyl sites for hydroxylation is 2. The molecule has 0 aliphatic heterocycles. The summed E-state index contributed by atoms with van der Waals surface area (Å²) in [5.41, 5.74) is 7.28. The van der Waals surface area contributed by atoms with Crippen LogP contribution >= 0.6 is 11.6 Å². The zero-order valence-electron chi connectivity index (χ0n) is 13.9. The largest absolute Gasteiger partial charge is 0.355 e. The van der Waals surface area contributed by atoms with Crippen LogP contribution in [0.15, 0.2) is 42.5 Å². The molecule has 1 heterocycles. The third-order valence-electron chi connectivity index (χ3n) is 4.83. The van der Waals surface area contributed by atoms with Crippen molar-refractivity contribution >= 4 is 33.9 Å². The number of hydrogen-bond acceptors (Lipinski definition) is 2. The Kier molecular flexibility index (Phi) is 4.15. The molecule has 0 spiro atoms. The van der Waals surface area contributed by atoms with Crippen molar-refractivity contribution in [2.24, 2.45) is 0 Å². The second-order valence-electron chi connectivity index (χ2n) is 6.46. The van der Waals surface area contributed by atoms with Crippen LogP contribution in [0.3, 0.4) is 0 Å². The van der Waals surface area contributed by atoms with Gasteiger partial charge in [0, 0.05) is 21.8 Å². The van der Waals surface area contributed by atoms with Gasteiger partial charge in [0.25, 0.3) is 0 Å². The fourth-order valence-corrected chi connectivity index (χ4v) is 3.72. The lowest BCUT2D eigenvalue weighted by Gasteiger charge is -2.22. The summed E-state index contributed by atoms with van der Waals surface area (Å²) in [6, 6.07) is 14.7. The highest BCUT2D eigenvalue weighted by atomic mass is 35.5. The molecule has 2 nitrogen and oxygen atoms in total. The lowest BCUT2D eigenvalue weighted by Crippen LogP contribution is -2.09. The van der Waals surface area contributed by atoms with Gasteiger partial charge in [-0.15, -0.1) is 0 Å². The molecule has 0 saturated heterocycles. The number of rotatable bonds is 3. The van der Waals surface area contributed by atoms with Gasteiger partial charge in [-0.2, -0.15) is 0 Å². The lowest BCUT2D eigenvalue weighted by atomic mass is 9.92. The number of nitrogens with one attached hydrogen (secondary N) is 1. The first-order valence-electron chi connectivity index (χ1n) is 8.71. The average molecular weight is 337 g/mol. The quantitative estimate of drug-likeness (QED) is 0.627. The molecule has 0 atom stereocenters. The normalized spacial score (nSPS) is 13.8. The number of fused-ring (bicyclic) bond motifs is 2. The zero-order chi connectivity index (χ0) is 16.5. The van der Waals surface area contributed by atoms with Gasteiger partial charge in [0.15, 0.2) is 0 Å². The third-order valence-corrected chi connectivity index (χ3v) is 5.06. The fourth-order valence-electron chi connectivity index (χ4n) is 3.55. The topological polar surface area (TPSA) is 24.9 Å². The Hall–Kier alpha value is -2.06. The molecule has 24 heavy (non-hydrogen) atoms. The van der Waals surface area contributed by atoms with Crippen LogP contribution in [0.25, 0.3) is 10.9 Å². The van der Waals surface area contributed by atoms with Crippen LogP contribution < -0.4 is 5.32 Å². The number of pyridine rings is 1. The van der Waals surface area contributed by atoms with Gasteiger partial charge in [-0.3, -0.25) is 4.98 Å². The summed E-state index contributed by atoms with van der Waals surface area (Å²) in [7, 11) is 0. The van der Waals surface area contributed by atoms with Crippen molar-refractivity contribution in [3.8, 4) is 0 Å². The van der Waals surface area contributed by atoms with Crippen LogP contribution in [0.1, 0.15) is 36.6 Å². The molecule has 3 heteroatoms. The van der Waals surface area contributed by atoms with E-state index in [2.05, 4.69) is 42.6 Å². The molecule has 3 aromatic rings. The molecule has 0 amide bonds. The number of aromatic nitrogens is 1. The SMILES string of the molecule is CCc1cccc(Nc2c3c(nc4cc(Cl)ccc24)CCCC3)c1. The Morgan fingerprint density at radius 2 is 1.96 bits per heavy atom. The van der Waals surface area contributed by atoms with Crippen molar-refractivity contribution in [3.63, 3.8) is 0 Å². The Morgan fingerprint density at radius 1 is 1.08 bits per heavy atom. The second kappa shape index (κ2) is 6.45. The maximum absolute atomic E-state index is 6.19. The molecule has 0 radical (unpaired) electrons. The summed E-state index contributed by atoms with van der Waals surface area (Å²) in [5.74, 6) is 0. The Bertz CT molecular complexity index is 902. The Balaban J connectivity index is 1.88. The van der Waals surface area contributed by atoms with Crippen molar-refractivity contribution in [2.75, 3.05) is 5.32 Å². The smallest absolute Gasteiger partial charge is 0.0741 e. The number of benzene rings is 2. The maximum Gasteiger partial charge on any atom is 0.0741 e. The summed E-state index contributed by atoms with van der Waals surface area (Å²) in [4.78, 5) is 4.89. The maximum atomic E-state index is 6.19. The average Bonchev–Trinajstić information content (AvgIpc) is 2.61. The van der Waals surface area contributed by atoms with E-state index in [9.17, 15) is 0 Å². The molecule has 122 valence electrons. The summed E-state index contributed by atoms with van der Waals surface area (Å²) in [5, 5.41) is 5.58. The van der Waals surface area contributed by atoms with E-state index in [4.69, 9.17) is 16.6 Å². The molecular weight excluding hydrogens is 316 g/mol. The molecule has 1 N–H and O–H groups in total. The molecule has 4 rings (SSSR count). The standard InChI is InChI=1S/C21H21ClN2/c1-2-14-6-5-7-16(12-14)23-21-17-8-3-4-9-19(17)24-20-13-15(22)10-11-18(20)21/h5-7,10-13H,2-4,8-9H2,1H3,(H,23,24). The van der Waals surface area contributed by atoms with Gasteiger partial charge >= 0.3 is 0 Å². The van der Waals surface area contributed by atoms with Crippen LogP contribution in [-0.4, -0.2) is 4.98 Å². The first-order chi connectivity index (χ1) is 11.7. The van der Waals surface area contributed by atoms with Gasteiger partial charge in [0.1, 0.15) is 0 Å². The van der Waals surface area contributed by atoms with E-state index in [0.29, 0.717) is 0 Å². The first kappa shape index (κ1) is 15.5. The summed E-state index contributed by atoms with van der Waals surface area (Å²) >= 11 is 6.19. The third kappa shape index (κ3) is 2.87. The van der Waals surface area contributed by atoms with Crippen LogP contribution in [-0.2, 0) is 19.3 Å². The Labute approximate surface area is 147 Å². The van der Waals surface area contributed by atoms with Crippen molar-refractivity contribution < 1.29 is 0 Å². The van der Waals surface area contributed by atoms with Crippen LogP contribution in [0, 0.1) is 0 Å². The van der Waals surface area contributed by atoms with E-state index in [1.807, 2.05) is 12.1 Å². The molecule has 0 unspecified atom stereocenters. The van der Waals surface area contributed by atoms with Crippen LogP contribution in [0.2, 0.25) is 5.02 Å². The predicted octanol–water partition coefficient (Wildman–Crippen LogP) is 6.07. The molecule has 1 aliphatic rings.